The van der Waals surface area contributed by atoms with Gasteiger partial charge in [-0.1, -0.05) is 153 Å². The van der Waals surface area contributed by atoms with Crippen LogP contribution in [0.15, 0.2) is 164 Å². The van der Waals surface area contributed by atoms with Crippen LogP contribution in [0.4, 0.5) is 0 Å². The molecule has 0 bridgehead atoms. The minimum atomic E-state index is -0.154. The smallest absolute Gasteiger partial charge is 0.235 e. The summed E-state index contributed by atoms with van der Waals surface area (Å²) in [6, 6.07) is 49.2. The summed E-state index contributed by atoms with van der Waals surface area (Å²) in [6.45, 7) is 4.60. The highest BCUT2D eigenvalue weighted by Gasteiger charge is 2.35. The Hall–Kier alpha value is -7.05. The average Bonchev–Trinajstić information content (AvgIpc) is 3.59. The van der Waals surface area contributed by atoms with E-state index in [4.69, 9.17) is 24.9 Å². The summed E-state index contributed by atoms with van der Waals surface area (Å²) in [4.78, 5) is 25.5. The van der Waals surface area contributed by atoms with E-state index in [1.54, 1.807) is 0 Å². The van der Waals surface area contributed by atoms with Gasteiger partial charge in [0.1, 0.15) is 5.82 Å². The van der Waals surface area contributed by atoms with Crippen molar-refractivity contribution in [2.45, 2.75) is 31.6 Å². The van der Waals surface area contributed by atoms with E-state index in [0.29, 0.717) is 17.6 Å². The minimum Gasteiger partial charge on any atom is -0.278 e. The highest BCUT2D eigenvalue weighted by atomic mass is 15.2. The quantitative estimate of drug-likeness (QED) is 0.177. The molecule has 0 aliphatic heterocycles. The molecule has 9 aromatic rings. The molecule has 1 atom stereocenters. The molecule has 2 aliphatic carbocycles. The lowest BCUT2D eigenvalue weighted by atomic mass is 9.70. The van der Waals surface area contributed by atoms with E-state index in [0.717, 1.165) is 72.9 Å². The number of allylic oxidation sites excluding steroid dienone is 4. The Morgan fingerprint density at radius 3 is 2.07 bits per heavy atom. The van der Waals surface area contributed by atoms with Gasteiger partial charge in [-0.2, -0.15) is 0 Å². The van der Waals surface area contributed by atoms with E-state index in [1.807, 2.05) is 30.3 Å². The van der Waals surface area contributed by atoms with Crippen LogP contribution in [0.1, 0.15) is 43.1 Å². The summed E-state index contributed by atoms with van der Waals surface area (Å²) in [6.07, 6.45) is 9.35. The molecule has 1 unspecified atom stereocenters. The highest BCUT2D eigenvalue weighted by molar-refractivity contribution is 6.10. The molecule has 2 aliphatic rings. The molecule has 3 aromatic heterocycles. The van der Waals surface area contributed by atoms with Crippen LogP contribution in [0.25, 0.3) is 83.8 Å². The maximum absolute atomic E-state index is 5.39. The molecule has 3 heterocycles. The Labute approximate surface area is 324 Å². The third kappa shape index (κ3) is 5.06. The van der Waals surface area contributed by atoms with Gasteiger partial charge in [0.15, 0.2) is 11.6 Å². The summed E-state index contributed by atoms with van der Waals surface area (Å²) in [5, 5.41) is 3.45. The van der Waals surface area contributed by atoms with Crippen molar-refractivity contribution in [3.63, 3.8) is 0 Å². The minimum absolute atomic E-state index is 0.112. The van der Waals surface area contributed by atoms with Gasteiger partial charge in [-0.15, -0.1) is 0 Å². The number of nitrogens with zero attached hydrogens (tertiary/aromatic N) is 6. The van der Waals surface area contributed by atoms with Crippen molar-refractivity contribution >= 4 is 32.7 Å². The zero-order valence-electron chi connectivity index (χ0n) is 31.1. The van der Waals surface area contributed by atoms with E-state index in [1.165, 1.54) is 16.7 Å². The van der Waals surface area contributed by atoms with Gasteiger partial charge in [0.25, 0.3) is 0 Å². The summed E-state index contributed by atoms with van der Waals surface area (Å²) >= 11 is 0. The van der Waals surface area contributed by atoms with Gasteiger partial charge in [0, 0.05) is 44.2 Å². The highest BCUT2D eigenvalue weighted by Crippen LogP contribution is 2.48. The molecule has 0 radical (unpaired) electrons. The number of aromatic nitrogens is 6. The zero-order chi connectivity index (χ0) is 37.4. The fourth-order valence-corrected chi connectivity index (χ4v) is 8.72. The molecule has 0 saturated heterocycles. The molecule has 0 amide bonds. The molecular weight excluding hydrogens is 685 g/mol. The Balaban J connectivity index is 1.01. The number of rotatable bonds is 5. The number of hydrogen-bond donors (Lipinski definition) is 0. The van der Waals surface area contributed by atoms with E-state index in [2.05, 4.69) is 152 Å². The monoisotopic (exact) mass is 720 g/mol. The Morgan fingerprint density at radius 1 is 0.554 bits per heavy atom. The first-order valence-corrected chi connectivity index (χ1v) is 19.2. The van der Waals surface area contributed by atoms with Crippen molar-refractivity contribution in [3.8, 4) is 51.1 Å². The third-order valence-corrected chi connectivity index (χ3v) is 11.6. The Kier molecular flexibility index (Phi) is 7.23. The largest absolute Gasteiger partial charge is 0.278 e. The lowest BCUT2D eigenvalue weighted by Crippen LogP contribution is -2.24. The van der Waals surface area contributed by atoms with Crippen LogP contribution in [0.3, 0.4) is 0 Å². The van der Waals surface area contributed by atoms with Crippen LogP contribution in [0, 0.1) is 0 Å². The van der Waals surface area contributed by atoms with Crippen molar-refractivity contribution in [3.05, 3.63) is 181 Å². The summed E-state index contributed by atoms with van der Waals surface area (Å²) < 4.78 is 2.22. The molecule has 266 valence electrons. The van der Waals surface area contributed by atoms with Crippen molar-refractivity contribution in [1.82, 2.24) is 29.5 Å². The average molecular weight is 721 g/mol. The molecule has 0 spiro atoms. The number of fused-ring (bicyclic) bond motifs is 5. The van der Waals surface area contributed by atoms with Crippen molar-refractivity contribution in [1.29, 1.82) is 0 Å². The molecule has 0 N–H and O–H groups in total. The zero-order valence-corrected chi connectivity index (χ0v) is 31.1. The number of para-hydroxylation sites is 1. The molecule has 0 saturated carbocycles. The Morgan fingerprint density at radius 2 is 1.25 bits per heavy atom. The number of hydrogen-bond acceptors (Lipinski definition) is 5. The normalized spacial score (nSPS) is 15.4. The van der Waals surface area contributed by atoms with Gasteiger partial charge in [0.2, 0.25) is 5.95 Å². The molecule has 6 nitrogen and oxygen atoms in total. The topological polar surface area (TPSA) is 69.4 Å². The molecule has 6 aromatic carbocycles. The predicted molar refractivity (Wildman–Crippen MR) is 227 cm³/mol. The van der Waals surface area contributed by atoms with Gasteiger partial charge in [-0.3, -0.25) is 4.57 Å². The van der Waals surface area contributed by atoms with Crippen molar-refractivity contribution < 1.29 is 0 Å². The van der Waals surface area contributed by atoms with Crippen LogP contribution >= 0.6 is 0 Å². The number of benzene rings is 6. The molecule has 11 rings (SSSR count). The van der Waals surface area contributed by atoms with Crippen LogP contribution in [-0.4, -0.2) is 29.5 Å². The molecule has 6 heteroatoms. The SMILES string of the molecule is CC1(C)c2ccccc2-c2nc(-n3c4ccccc4c4cc(-c5ccc(-c6nc(-c7ccccc7)nc(C7C=CC=CC7)n6)cc5)ccc43)nc3cccc1c23. The second-order valence-corrected chi connectivity index (χ2v) is 15.3. The van der Waals surface area contributed by atoms with Gasteiger partial charge < -0.3 is 0 Å². The van der Waals surface area contributed by atoms with Crippen molar-refractivity contribution in [2.75, 3.05) is 0 Å². The van der Waals surface area contributed by atoms with Crippen LogP contribution in [0.5, 0.6) is 0 Å². The fourth-order valence-electron chi connectivity index (χ4n) is 8.72. The van der Waals surface area contributed by atoms with Gasteiger partial charge in [-0.05, 0) is 52.9 Å². The maximum atomic E-state index is 5.39. The first kappa shape index (κ1) is 32.4. The summed E-state index contributed by atoms with van der Waals surface area (Å²) in [5.74, 6) is 2.94. The van der Waals surface area contributed by atoms with Gasteiger partial charge in [0.05, 0.1) is 22.2 Å². The van der Waals surface area contributed by atoms with Crippen LogP contribution in [-0.2, 0) is 5.41 Å². The van der Waals surface area contributed by atoms with Crippen molar-refractivity contribution in [2.24, 2.45) is 0 Å². The molecule has 0 fully saturated rings. The summed E-state index contributed by atoms with van der Waals surface area (Å²) in [5.41, 5.74) is 11.8. The van der Waals surface area contributed by atoms with Crippen LogP contribution < -0.4 is 0 Å². The predicted octanol–water partition coefficient (Wildman–Crippen LogP) is 11.8. The molecular formula is C50H36N6. The lowest BCUT2D eigenvalue weighted by molar-refractivity contribution is 0.643. The first-order chi connectivity index (χ1) is 27.5. The fraction of sp³-hybridized carbons (Fsp3) is 0.100. The van der Waals surface area contributed by atoms with Gasteiger partial charge in [-0.25, -0.2) is 24.9 Å². The van der Waals surface area contributed by atoms with Crippen LogP contribution in [0.2, 0.25) is 0 Å². The first-order valence-electron chi connectivity index (χ1n) is 19.2. The summed E-state index contributed by atoms with van der Waals surface area (Å²) in [7, 11) is 0. The third-order valence-electron chi connectivity index (χ3n) is 11.6. The van der Waals surface area contributed by atoms with E-state index < -0.39 is 0 Å². The molecule has 56 heavy (non-hydrogen) atoms. The van der Waals surface area contributed by atoms with Gasteiger partial charge >= 0.3 is 0 Å². The van der Waals surface area contributed by atoms with E-state index in [-0.39, 0.29) is 11.3 Å². The standard InChI is InChI=1S/C50H36N6/c1-50(2)39-20-11-9-19-37(39)45-44-40(50)21-13-22-41(44)51-49(52-45)56-42-23-12-10-18-36(42)38-30-35(28-29-43(38)56)31-24-26-34(27-25-31)48-54-46(32-14-5-3-6-15-32)53-47(55-48)33-16-7-4-8-17-33/h3-16,18-30,33H,17H2,1-2H3. The second kappa shape index (κ2) is 12.5. The van der Waals surface area contributed by atoms with E-state index >= 15 is 0 Å². The van der Waals surface area contributed by atoms with E-state index in [9.17, 15) is 0 Å². The maximum Gasteiger partial charge on any atom is 0.235 e. The Bertz CT molecular complexity index is 3080. The second-order valence-electron chi connectivity index (χ2n) is 15.3. The lowest BCUT2D eigenvalue weighted by Gasteiger charge is -2.34.